The highest BCUT2D eigenvalue weighted by molar-refractivity contribution is 7.90. The Bertz CT molecular complexity index is 572. The highest BCUT2D eigenvalue weighted by Gasteiger charge is 2.20. The highest BCUT2D eigenvalue weighted by Crippen LogP contribution is 2.29. The Morgan fingerprint density at radius 1 is 1.40 bits per heavy atom. The van der Waals surface area contributed by atoms with Crippen LogP contribution < -0.4 is 11.1 Å². The average molecular weight is 298 g/mol. The Hall–Kier alpha value is -1.27. The summed E-state index contributed by atoms with van der Waals surface area (Å²) in [5.41, 5.74) is 6.84. The van der Waals surface area contributed by atoms with E-state index in [1.807, 2.05) is 0 Å². The standard InChI is InChI=1S/C14H22N2O3S/c1-20(18,19)13-7-3-6-12(14(13)15)16-9-10-4-2-5-11(17)8-10/h3,6-7,10-11,16-17H,2,4-5,8-9,15H2,1H3. The normalized spacial score (nSPS) is 23.5. The van der Waals surface area contributed by atoms with Gasteiger partial charge in [-0.3, -0.25) is 0 Å². The number of nitrogens with one attached hydrogen (secondary N) is 1. The van der Waals surface area contributed by atoms with E-state index in [0.29, 0.717) is 18.2 Å². The van der Waals surface area contributed by atoms with E-state index in [-0.39, 0.29) is 16.7 Å². The number of nitrogen functional groups attached to an aromatic ring is 1. The second kappa shape index (κ2) is 6.01. The molecule has 0 amide bonds. The van der Waals surface area contributed by atoms with Gasteiger partial charge in [0, 0.05) is 12.8 Å². The van der Waals surface area contributed by atoms with Gasteiger partial charge in [-0.05, 0) is 37.3 Å². The van der Waals surface area contributed by atoms with Crippen molar-refractivity contribution in [2.24, 2.45) is 5.92 Å². The molecule has 6 heteroatoms. The van der Waals surface area contributed by atoms with Crippen LogP contribution in [-0.2, 0) is 9.84 Å². The van der Waals surface area contributed by atoms with Gasteiger partial charge in [0.2, 0.25) is 0 Å². The lowest BCUT2D eigenvalue weighted by atomic mass is 9.87. The van der Waals surface area contributed by atoms with Crippen LogP contribution in [0.1, 0.15) is 25.7 Å². The molecule has 0 spiro atoms. The van der Waals surface area contributed by atoms with Gasteiger partial charge in [-0.25, -0.2) is 8.42 Å². The Morgan fingerprint density at radius 2 is 2.15 bits per heavy atom. The smallest absolute Gasteiger partial charge is 0.177 e. The molecule has 2 atom stereocenters. The van der Waals surface area contributed by atoms with Crippen molar-refractivity contribution < 1.29 is 13.5 Å². The summed E-state index contributed by atoms with van der Waals surface area (Å²) in [5, 5.41) is 12.9. The molecule has 20 heavy (non-hydrogen) atoms. The fourth-order valence-electron chi connectivity index (χ4n) is 2.72. The van der Waals surface area contributed by atoms with E-state index < -0.39 is 9.84 Å². The fraction of sp³-hybridized carbons (Fsp3) is 0.571. The van der Waals surface area contributed by atoms with Crippen molar-refractivity contribution in [1.29, 1.82) is 0 Å². The quantitative estimate of drug-likeness (QED) is 0.735. The maximum absolute atomic E-state index is 11.6. The summed E-state index contributed by atoms with van der Waals surface area (Å²) in [6.45, 7) is 0.703. The molecular weight excluding hydrogens is 276 g/mol. The van der Waals surface area contributed by atoms with Crippen LogP contribution in [0.5, 0.6) is 0 Å². The van der Waals surface area contributed by atoms with Crippen molar-refractivity contribution >= 4 is 21.2 Å². The van der Waals surface area contributed by atoms with E-state index in [0.717, 1.165) is 31.9 Å². The number of para-hydroxylation sites is 1. The number of benzene rings is 1. The number of aliphatic hydroxyl groups excluding tert-OH is 1. The van der Waals surface area contributed by atoms with Crippen molar-refractivity contribution in [3.63, 3.8) is 0 Å². The molecule has 0 bridgehead atoms. The van der Waals surface area contributed by atoms with Gasteiger partial charge in [-0.2, -0.15) is 0 Å². The molecule has 5 nitrogen and oxygen atoms in total. The van der Waals surface area contributed by atoms with Crippen LogP contribution in [-0.4, -0.2) is 32.4 Å². The largest absolute Gasteiger partial charge is 0.396 e. The monoisotopic (exact) mass is 298 g/mol. The molecular formula is C14H22N2O3S. The molecule has 1 aromatic rings. The summed E-state index contributed by atoms with van der Waals surface area (Å²) in [7, 11) is -3.31. The lowest BCUT2D eigenvalue weighted by Crippen LogP contribution is -2.25. The van der Waals surface area contributed by atoms with E-state index in [1.165, 1.54) is 6.07 Å². The third-order valence-corrected chi connectivity index (χ3v) is 4.96. The molecule has 0 heterocycles. The molecule has 4 N–H and O–H groups in total. The van der Waals surface area contributed by atoms with E-state index >= 15 is 0 Å². The van der Waals surface area contributed by atoms with Crippen LogP contribution in [0.25, 0.3) is 0 Å². The molecule has 2 rings (SSSR count). The van der Waals surface area contributed by atoms with Crippen molar-refractivity contribution in [3.05, 3.63) is 18.2 Å². The zero-order valence-corrected chi connectivity index (χ0v) is 12.5. The SMILES string of the molecule is CS(=O)(=O)c1cccc(NCC2CCCC(O)C2)c1N. The first-order chi connectivity index (χ1) is 9.38. The minimum absolute atomic E-state index is 0.158. The third-order valence-electron chi connectivity index (χ3n) is 3.80. The molecule has 1 saturated carbocycles. The number of nitrogens with two attached hydrogens (primary N) is 1. The van der Waals surface area contributed by atoms with Gasteiger partial charge in [0.25, 0.3) is 0 Å². The summed E-state index contributed by atoms with van der Waals surface area (Å²) >= 11 is 0. The van der Waals surface area contributed by atoms with Crippen LogP contribution in [0.4, 0.5) is 11.4 Å². The van der Waals surface area contributed by atoms with E-state index in [1.54, 1.807) is 12.1 Å². The van der Waals surface area contributed by atoms with Crippen molar-refractivity contribution in [2.75, 3.05) is 23.9 Å². The minimum Gasteiger partial charge on any atom is -0.396 e. The van der Waals surface area contributed by atoms with Gasteiger partial charge >= 0.3 is 0 Å². The summed E-state index contributed by atoms with van der Waals surface area (Å²) in [6.07, 6.45) is 4.72. The molecule has 2 unspecified atom stereocenters. The molecule has 1 aliphatic carbocycles. The number of sulfone groups is 1. The predicted octanol–water partition coefficient (Wildman–Crippen LogP) is 1.64. The van der Waals surface area contributed by atoms with Gasteiger partial charge in [0.05, 0.1) is 22.4 Å². The van der Waals surface area contributed by atoms with Gasteiger partial charge in [-0.1, -0.05) is 12.5 Å². The maximum Gasteiger partial charge on any atom is 0.177 e. The Kier molecular flexibility index (Phi) is 4.55. The van der Waals surface area contributed by atoms with Crippen LogP contribution in [0.15, 0.2) is 23.1 Å². The Labute approximate surface area is 120 Å². The molecule has 1 aromatic carbocycles. The minimum atomic E-state index is -3.31. The molecule has 0 saturated heterocycles. The topological polar surface area (TPSA) is 92.4 Å². The van der Waals surface area contributed by atoms with Gasteiger partial charge in [0.15, 0.2) is 9.84 Å². The third kappa shape index (κ3) is 3.64. The first-order valence-electron chi connectivity index (χ1n) is 6.88. The average Bonchev–Trinajstić information content (AvgIpc) is 2.36. The van der Waals surface area contributed by atoms with Crippen molar-refractivity contribution in [3.8, 4) is 0 Å². The molecule has 0 radical (unpaired) electrons. The van der Waals surface area contributed by atoms with Crippen LogP contribution in [0, 0.1) is 5.92 Å². The van der Waals surface area contributed by atoms with E-state index in [2.05, 4.69) is 5.32 Å². The number of hydrogen-bond donors (Lipinski definition) is 3. The number of aliphatic hydroxyl groups is 1. The number of hydrogen-bond acceptors (Lipinski definition) is 5. The lowest BCUT2D eigenvalue weighted by molar-refractivity contribution is 0.105. The van der Waals surface area contributed by atoms with E-state index in [4.69, 9.17) is 5.73 Å². The molecule has 1 fully saturated rings. The second-order valence-electron chi connectivity index (χ2n) is 5.56. The second-order valence-corrected chi connectivity index (χ2v) is 7.54. The van der Waals surface area contributed by atoms with Crippen LogP contribution in [0.2, 0.25) is 0 Å². The Balaban J connectivity index is 2.07. The number of rotatable bonds is 4. The van der Waals surface area contributed by atoms with Crippen LogP contribution >= 0.6 is 0 Å². The van der Waals surface area contributed by atoms with Gasteiger partial charge in [-0.15, -0.1) is 0 Å². The summed E-state index contributed by atoms with van der Waals surface area (Å²) in [6, 6.07) is 4.98. The van der Waals surface area contributed by atoms with Crippen LogP contribution in [0.3, 0.4) is 0 Å². The highest BCUT2D eigenvalue weighted by atomic mass is 32.2. The number of anilines is 2. The predicted molar refractivity (Wildman–Crippen MR) is 80.4 cm³/mol. The first-order valence-corrected chi connectivity index (χ1v) is 8.77. The Morgan fingerprint density at radius 3 is 2.80 bits per heavy atom. The van der Waals surface area contributed by atoms with Gasteiger partial charge in [0.1, 0.15) is 0 Å². The lowest BCUT2D eigenvalue weighted by Gasteiger charge is -2.26. The van der Waals surface area contributed by atoms with Gasteiger partial charge < -0.3 is 16.2 Å². The summed E-state index contributed by atoms with van der Waals surface area (Å²) in [4.78, 5) is 0.158. The zero-order valence-electron chi connectivity index (χ0n) is 11.7. The molecule has 1 aliphatic rings. The van der Waals surface area contributed by atoms with E-state index in [9.17, 15) is 13.5 Å². The van der Waals surface area contributed by atoms with Crippen molar-refractivity contribution in [2.45, 2.75) is 36.7 Å². The molecule has 0 aromatic heterocycles. The zero-order chi connectivity index (χ0) is 14.8. The summed E-state index contributed by atoms with van der Waals surface area (Å²) < 4.78 is 23.2. The summed E-state index contributed by atoms with van der Waals surface area (Å²) in [5.74, 6) is 0.403. The first kappa shape index (κ1) is 15.1. The fourth-order valence-corrected chi connectivity index (χ4v) is 3.56. The molecule has 112 valence electrons. The van der Waals surface area contributed by atoms with Crippen molar-refractivity contribution in [1.82, 2.24) is 0 Å². The maximum atomic E-state index is 11.6. The molecule has 0 aliphatic heterocycles.